The van der Waals surface area contributed by atoms with Gasteiger partial charge in [0.25, 0.3) is 0 Å². The molecule has 0 saturated heterocycles. The van der Waals surface area contributed by atoms with Crippen molar-refractivity contribution in [3.8, 4) is 5.75 Å². The maximum absolute atomic E-state index is 13.6. The Hall–Kier alpha value is -1.33. The molecule has 0 fully saturated rings. The summed E-state index contributed by atoms with van der Waals surface area (Å²) in [7, 11) is 1.37. The quantitative estimate of drug-likeness (QED) is 0.844. The number of aliphatic hydroxyl groups is 1. The van der Waals surface area contributed by atoms with Crippen LogP contribution in [-0.4, -0.2) is 24.8 Å². The topological polar surface area (TPSA) is 55.8 Å². The molecule has 1 aromatic rings. The summed E-state index contributed by atoms with van der Waals surface area (Å²) in [6.07, 6.45) is -1.72. The van der Waals surface area contributed by atoms with Crippen LogP contribution in [0.5, 0.6) is 5.75 Å². The molecule has 6 heteroatoms. The zero-order chi connectivity index (χ0) is 13.0. The fraction of sp³-hybridized carbons (Fsp3) is 0.364. The number of carbonyl (C=O) groups is 1. The lowest BCUT2D eigenvalue weighted by atomic mass is 10.1. The van der Waals surface area contributed by atoms with Crippen molar-refractivity contribution in [1.29, 1.82) is 0 Å². The lowest BCUT2D eigenvalue weighted by Crippen LogP contribution is -2.16. The van der Waals surface area contributed by atoms with Crippen LogP contribution in [0, 0.1) is 5.82 Å². The van der Waals surface area contributed by atoms with Crippen molar-refractivity contribution in [2.24, 2.45) is 0 Å². The van der Waals surface area contributed by atoms with E-state index < -0.39 is 17.9 Å². The van der Waals surface area contributed by atoms with Crippen LogP contribution < -0.4 is 4.74 Å². The molecule has 4 nitrogen and oxygen atoms in total. The molecule has 0 bridgehead atoms. The van der Waals surface area contributed by atoms with Crippen LogP contribution in [0.15, 0.2) is 12.1 Å². The lowest BCUT2D eigenvalue weighted by Gasteiger charge is -2.13. The monoisotopic (exact) mass is 262 g/mol. The first-order chi connectivity index (χ1) is 8.01. The maximum atomic E-state index is 13.6. The summed E-state index contributed by atoms with van der Waals surface area (Å²) in [6, 6.07) is 2.45. The molecule has 1 atom stereocenters. The number of aliphatic hydroxyl groups excluding tert-OH is 1. The standard InChI is InChI=1S/C11H12ClFO4/c1-3-17-11(15)10(14)7-4-6(16-2)5-8(12)9(7)13/h4-5,10,14H,3H2,1-2H3. The molecule has 1 rings (SSSR count). The highest BCUT2D eigenvalue weighted by molar-refractivity contribution is 6.31. The van der Waals surface area contributed by atoms with Crippen molar-refractivity contribution in [2.45, 2.75) is 13.0 Å². The van der Waals surface area contributed by atoms with Crippen LogP contribution in [0.4, 0.5) is 4.39 Å². The second-order valence-electron chi connectivity index (χ2n) is 3.17. The van der Waals surface area contributed by atoms with Crippen LogP contribution in [-0.2, 0) is 9.53 Å². The van der Waals surface area contributed by atoms with Gasteiger partial charge in [-0.15, -0.1) is 0 Å². The van der Waals surface area contributed by atoms with Gasteiger partial charge in [0, 0.05) is 11.6 Å². The first-order valence-electron chi connectivity index (χ1n) is 4.88. The van der Waals surface area contributed by atoms with E-state index in [0.29, 0.717) is 0 Å². The average Bonchev–Trinajstić information content (AvgIpc) is 2.31. The Morgan fingerprint density at radius 2 is 2.24 bits per heavy atom. The Kier molecular flexibility index (Phi) is 4.72. The third kappa shape index (κ3) is 3.08. The van der Waals surface area contributed by atoms with Gasteiger partial charge in [-0.3, -0.25) is 0 Å². The van der Waals surface area contributed by atoms with E-state index in [1.165, 1.54) is 19.2 Å². The zero-order valence-electron chi connectivity index (χ0n) is 9.37. The Bertz CT molecular complexity index is 422. The van der Waals surface area contributed by atoms with Gasteiger partial charge in [0.2, 0.25) is 0 Å². The molecule has 0 aliphatic rings. The molecule has 0 heterocycles. The summed E-state index contributed by atoms with van der Waals surface area (Å²) in [5.41, 5.74) is -0.271. The van der Waals surface area contributed by atoms with Gasteiger partial charge in [-0.05, 0) is 13.0 Å². The molecule has 94 valence electrons. The van der Waals surface area contributed by atoms with Gasteiger partial charge < -0.3 is 14.6 Å². The number of rotatable bonds is 4. The van der Waals surface area contributed by atoms with Crippen LogP contribution >= 0.6 is 11.6 Å². The Morgan fingerprint density at radius 1 is 1.59 bits per heavy atom. The van der Waals surface area contributed by atoms with E-state index in [9.17, 15) is 14.3 Å². The Balaban J connectivity index is 3.11. The summed E-state index contributed by atoms with van der Waals surface area (Å²) >= 11 is 5.61. The minimum atomic E-state index is -1.72. The molecule has 0 radical (unpaired) electrons. The molecular weight excluding hydrogens is 251 g/mol. The number of esters is 1. The fourth-order valence-electron chi connectivity index (χ4n) is 1.25. The lowest BCUT2D eigenvalue weighted by molar-refractivity contribution is -0.153. The number of carbonyl (C=O) groups excluding carboxylic acids is 1. The predicted octanol–water partition coefficient (Wildman–Crippen LogP) is 2.08. The second-order valence-corrected chi connectivity index (χ2v) is 3.57. The predicted molar refractivity (Wildman–Crippen MR) is 59.6 cm³/mol. The van der Waals surface area contributed by atoms with Gasteiger partial charge in [0.05, 0.1) is 18.7 Å². The molecular formula is C11H12ClFO4. The highest BCUT2D eigenvalue weighted by Gasteiger charge is 2.24. The number of hydrogen-bond donors (Lipinski definition) is 1. The smallest absolute Gasteiger partial charge is 0.339 e. The minimum absolute atomic E-state index is 0.0925. The van der Waals surface area contributed by atoms with E-state index in [1.54, 1.807) is 6.92 Å². The van der Waals surface area contributed by atoms with Crippen molar-refractivity contribution in [2.75, 3.05) is 13.7 Å². The van der Waals surface area contributed by atoms with Gasteiger partial charge in [-0.1, -0.05) is 11.6 Å². The molecule has 0 aromatic heterocycles. The third-order valence-corrected chi connectivity index (χ3v) is 2.35. The zero-order valence-corrected chi connectivity index (χ0v) is 10.1. The van der Waals surface area contributed by atoms with Gasteiger partial charge >= 0.3 is 5.97 Å². The molecule has 1 unspecified atom stereocenters. The first kappa shape index (κ1) is 13.7. The SMILES string of the molecule is CCOC(=O)C(O)c1cc(OC)cc(Cl)c1F. The van der Waals surface area contributed by atoms with E-state index in [1.807, 2.05) is 0 Å². The summed E-state index contributed by atoms with van der Waals surface area (Å²) in [4.78, 5) is 11.3. The summed E-state index contributed by atoms with van der Waals surface area (Å²) < 4.78 is 23.1. The second kappa shape index (κ2) is 5.84. The van der Waals surface area contributed by atoms with Crippen LogP contribution in [0.2, 0.25) is 5.02 Å². The molecule has 0 saturated carbocycles. The number of methoxy groups -OCH3 is 1. The average molecular weight is 263 g/mol. The van der Waals surface area contributed by atoms with E-state index in [-0.39, 0.29) is 22.9 Å². The minimum Gasteiger partial charge on any atom is -0.497 e. The summed E-state index contributed by atoms with van der Waals surface area (Å²) in [6.45, 7) is 1.68. The number of ether oxygens (including phenoxy) is 2. The highest BCUT2D eigenvalue weighted by atomic mass is 35.5. The first-order valence-corrected chi connectivity index (χ1v) is 5.26. The van der Waals surface area contributed by atoms with Crippen LogP contribution in [0.3, 0.4) is 0 Å². The van der Waals surface area contributed by atoms with E-state index in [0.717, 1.165) is 0 Å². The van der Waals surface area contributed by atoms with Crippen molar-refractivity contribution in [3.63, 3.8) is 0 Å². The number of hydrogen-bond acceptors (Lipinski definition) is 4. The van der Waals surface area contributed by atoms with Crippen molar-refractivity contribution in [1.82, 2.24) is 0 Å². The molecule has 0 aliphatic carbocycles. The van der Waals surface area contributed by atoms with Gasteiger partial charge in [-0.25, -0.2) is 9.18 Å². The molecule has 17 heavy (non-hydrogen) atoms. The molecule has 1 N–H and O–H groups in total. The Labute approximate surface area is 103 Å². The van der Waals surface area contributed by atoms with Crippen LogP contribution in [0.25, 0.3) is 0 Å². The van der Waals surface area contributed by atoms with Gasteiger partial charge in [0.1, 0.15) is 11.6 Å². The highest BCUT2D eigenvalue weighted by Crippen LogP contribution is 2.29. The molecule has 1 aromatic carbocycles. The summed E-state index contributed by atoms with van der Waals surface area (Å²) in [5, 5.41) is 9.38. The largest absolute Gasteiger partial charge is 0.497 e. The van der Waals surface area contributed by atoms with E-state index in [2.05, 4.69) is 4.74 Å². The van der Waals surface area contributed by atoms with Gasteiger partial charge in [0.15, 0.2) is 6.10 Å². The van der Waals surface area contributed by atoms with Crippen molar-refractivity contribution < 1.29 is 23.8 Å². The van der Waals surface area contributed by atoms with Crippen molar-refractivity contribution >= 4 is 17.6 Å². The van der Waals surface area contributed by atoms with E-state index >= 15 is 0 Å². The van der Waals surface area contributed by atoms with Gasteiger partial charge in [-0.2, -0.15) is 0 Å². The third-order valence-electron chi connectivity index (χ3n) is 2.07. The van der Waals surface area contributed by atoms with E-state index in [4.69, 9.17) is 16.3 Å². The Morgan fingerprint density at radius 3 is 2.76 bits per heavy atom. The van der Waals surface area contributed by atoms with Crippen molar-refractivity contribution in [3.05, 3.63) is 28.5 Å². The normalized spacial score (nSPS) is 12.1. The molecule has 0 amide bonds. The molecule has 0 spiro atoms. The summed E-state index contributed by atoms with van der Waals surface area (Å²) in [5.74, 6) is -1.56. The van der Waals surface area contributed by atoms with Crippen LogP contribution in [0.1, 0.15) is 18.6 Å². The molecule has 0 aliphatic heterocycles. The maximum Gasteiger partial charge on any atom is 0.339 e. The number of benzene rings is 1. The number of halogens is 2. The fourth-order valence-corrected chi connectivity index (χ4v) is 1.47.